The molecular weight excluding hydrogens is 238 g/mol. The number of anilines is 1. The van der Waals surface area contributed by atoms with E-state index in [1.165, 1.54) is 0 Å². The van der Waals surface area contributed by atoms with Gasteiger partial charge in [-0.3, -0.25) is 4.79 Å². The Bertz CT molecular complexity index is 478. The topological polar surface area (TPSA) is 49.3 Å². The lowest BCUT2D eigenvalue weighted by molar-refractivity contribution is -0.124. The second kappa shape index (κ2) is 6.96. The third kappa shape index (κ3) is 4.76. The molecule has 3 nitrogen and oxygen atoms in total. The van der Waals surface area contributed by atoms with Crippen molar-refractivity contribution in [3.8, 4) is 11.8 Å². The third-order valence-electron chi connectivity index (χ3n) is 3.11. The van der Waals surface area contributed by atoms with Crippen LogP contribution in [0.1, 0.15) is 39.2 Å². The molecule has 0 aliphatic carbocycles. The molecule has 0 aliphatic rings. The van der Waals surface area contributed by atoms with Gasteiger partial charge in [-0.15, -0.1) is 0 Å². The SMILES string of the molecule is CCC(C)(C)C(=O)Nc1ccc(C#CCCO)cc1. The highest BCUT2D eigenvalue weighted by Crippen LogP contribution is 2.22. The zero-order valence-corrected chi connectivity index (χ0v) is 11.8. The lowest BCUT2D eigenvalue weighted by atomic mass is 9.89. The van der Waals surface area contributed by atoms with Gasteiger partial charge in [-0.2, -0.15) is 0 Å². The van der Waals surface area contributed by atoms with Crippen molar-refractivity contribution >= 4 is 11.6 Å². The first-order chi connectivity index (χ1) is 8.99. The summed E-state index contributed by atoms with van der Waals surface area (Å²) in [5.74, 6) is 5.82. The van der Waals surface area contributed by atoms with Gasteiger partial charge >= 0.3 is 0 Å². The molecular formula is C16H21NO2. The van der Waals surface area contributed by atoms with E-state index in [0.29, 0.717) is 6.42 Å². The first-order valence-electron chi connectivity index (χ1n) is 6.51. The second-order valence-electron chi connectivity index (χ2n) is 5.04. The van der Waals surface area contributed by atoms with Gasteiger partial charge in [0.05, 0.1) is 6.61 Å². The van der Waals surface area contributed by atoms with Gasteiger partial charge in [0.25, 0.3) is 0 Å². The predicted molar refractivity (Wildman–Crippen MR) is 77.7 cm³/mol. The number of benzene rings is 1. The van der Waals surface area contributed by atoms with Crippen molar-refractivity contribution in [3.05, 3.63) is 29.8 Å². The van der Waals surface area contributed by atoms with Crippen LogP contribution in [-0.4, -0.2) is 17.6 Å². The molecule has 19 heavy (non-hydrogen) atoms. The molecule has 1 aromatic rings. The van der Waals surface area contributed by atoms with E-state index in [2.05, 4.69) is 17.2 Å². The first-order valence-corrected chi connectivity index (χ1v) is 6.51. The molecule has 0 radical (unpaired) electrons. The minimum absolute atomic E-state index is 0.0223. The largest absolute Gasteiger partial charge is 0.395 e. The first kappa shape index (κ1) is 15.3. The Morgan fingerprint density at radius 3 is 2.47 bits per heavy atom. The van der Waals surface area contributed by atoms with Crippen LogP contribution in [0.4, 0.5) is 5.69 Å². The van der Waals surface area contributed by atoms with Crippen LogP contribution < -0.4 is 5.32 Å². The Kier molecular flexibility index (Phi) is 5.59. The van der Waals surface area contributed by atoms with E-state index in [1.807, 2.05) is 45.0 Å². The van der Waals surface area contributed by atoms with E-state index in [9.17, 15) is 4.79 Å². The van der Waals surface area contributed by atoms with E-state index in [4.69, 9.17) is 5.11 Å². The fourth-order valence-corrected chi connectivity index (χ4v) is 1.32. The van der Waals surface area contributed by atoms with Gasteiger partial charge in [-0.05, 0) is 30.7 Å². The predicted octanol–water partition coefficient (Wildman–Crippen LogP) is 2.80. The van der Waals surface area contributed by atoms with E-state index in [-0.39, 0.29) is 17.9 Å². The molecule has 0 atom stereocenters. The van der Waals surface area contributed by atoms with Gasteiger partial charge in [-0.1, -0.05) is 32.6 Å². The lowest BCUT2D eigenvalue weighted by Crippen LogP contribution is -2.29. The van der Waals surface area contributed by atoms with E-state index in [1.54, 1.807) is 0 Å². The summed E-state index contributed by atoms with van der Waals surface area (Å²) in [6.45, 7) is 5.93. The van der Waals surface area contributed by atoms with Gasteiger partial charge in [0.1, 0.15) is 0 Å². The number of hydrogen-bond acceptors (Lipinski definition) is 2. The molecule has 0 saturated carbocycles. The number of carbonyl (C=O) groups excluding carboxylic acids is 1. The lowest BCUT2D eigenvalue weighted by Gasteiger charge is -2.21. The number of carbonyl (C=O) groups is 1. The molecule has 3 heteroatoms. The molecule has 0 fully saturated rings. The van der Waals surface area contributed by atoms with Gasteiger partial charge in [0.2, 0.25) is 5.91 Å². The number of rotatable bonds is 4. The van der Waals surface area contributed by atoms with Crippen molar-refractivity contribution in [2.45, 2.75) is 33.6 Å². The molecule has 0 spiro atoms. The molecule has 0 aliphatic heterocycles. The van der Waals surface area contributed by atoms with Crippen LogP contribution >= 0.6 is 0 Å². The Hall–Kier alpha value is -1.79. The van der Waals surface area contributed by atoms with E-state index >= 15 is 0 Å². The summed E-state index contributed by atoms with van der Waals surface area (Å²) in [4.78, 5) is 12.0. The summed E-state index contributed by atoms with van der Waals surface area (Å²) in [6.07, 6.45) is 1.27. The fourth-order valence-electron chi connectivity index (χ4n) is 1.32. The van der Waals surface area contributed by atoms with Crippen molar-refractivity contribution in [1.29, 1.82) is 0 Å². The smallest absolute Gasteiger partial charge is 0.230 e. The van der Waals surface area contributed by atoms with Crippen molar-refractivity contribution < 1.29 is 9.90 Å². The minimum atomic E-state index is -0.362. The zero-order valence-electron chi connectivity index (χ0n) is 11.8. The number of aliphatic hydroxyl groups excluding tert-OH is 1. The molecule has 0 unspecified atom stereocenters. The minimum Gasteiger partial charge on any atom is -0.395 e. The van der Waals surface area contributed by atoms with Crippen LogP contribution in [0, 0.1) is 17.3 Å². The maximum atomic E-state index is 12.0. The zero-order chi connectivity index (χ0) is 14.3. The average molecular weight is 259 g/mol. The highest BCUT2D eigenvalue weighted by Gasteiger charge is 2.24. The maximum absolute atomic E-state index is 12.0. The molecule has 1 rings (SSSR count). The molecule has 0 aromatic heterocycles. The average Bonchev–Trinajstić information content (AvgIpc) is 2.41. The van der Waals surface area contributed by atoms with Gasteiger partial charge in [0.15, 0.2) is 0 Å². The maximum Gasteiger partial charge on any atom is 0.230 e. The Labute approximate surface area is 115 Å². The summed E-state index contributed by atoms with van der Waals surface area (Å²) in [7, 11) is 0. The number of aliphatic hydroxyl groups is 1. The highest BCUT2D eigenvalue weighted by molar-refractivity contribution is 5.94. The standard InChI is InChI=1S/C16H21NO2/c1-4-16(2,3)15(19)17-14-10-8-13(9-11-14)7-5-6-12-18/h8-11,18H,4,6,12H2,1-3H3,(H,17,19). The molecule has 102 valence electrons. The molecule has 2 N–H and O–H groups in total. The van der Waals surface area contributed by atoms with Crippen molar-refractivity contribution in [3.63, 3.8) is 0 Å². The van der Waals surface area contributed by atoms with Crippen LogP contribution in [0.2, 0.25) is 0 Å². The monoisotopic (exact) mass is 259 g/mol. The molecule has 0 heterocycles. The quantitative estimate of drug-likeness (QED) is 0.817. The summed E-state index contributed by atoms with van der Waals surface area (Å²) in [5, 5.41) is 11.5. The Morgan fingerprint density at radius 1 is 1.32 bits per heavy atom. The second-order valence-corrected chi connectivity index (χ2v) is 5.04. The van der Waals surface area contributed by atoms with Crippen molar-refractivity contribution in [2.75, 3.05) is 11.9 Å². The molecule has 0 bridgehead atoms. The highest BCUT2D eigenvalue weighted by atomic mass is 16.2. The Balaban J connectivity index is 2.68. The summed E-state index contributed by atoms with van der Waals surface area (Å²) < 4.78 is 0. The number of amides is 1. The summed E-state index contributed by atoms with van der Waals surface area (Å²) >= 11 is 0. The summed E-state index contributed by atoms with van der Waals surface area (Å²) in [6, 6.07) is 7.40. The van der Waals surface area contributed by atoms with Crippen molar-refractivity contribution in [2.24, 2.45) is 5.41 Å². The fraction of sp³-hybridized carbons (Fsp3) is 0.438. The molecule has 1 amide bonds. The molecule has 1 aromatic carbocycles. The van der Waals surface area contributed by atoms with Gasteiger partial charge in [0, 0.05) is 23.1 Å². The third-order valence-corrected chi connectivity index (χ3v) is 3.11. The number of nitrogens with one attached hydrogen (secondary N) is 1. The number of hydrogen-bond donors (Lipinski definition) is 2. The normalized spacial score (nSPS) is 10.5. The van der Waals surface area contributed by atoms with Crippen LogP contribution in [0.5, 0.6) is 0 Å². The van der Waals surface area contributed by atoms with Crippen LogP contribution in [0.15, 0.2) is 24.3 Å². The van der Waals surface area contributed by atoms with Crippen molar-refractivity contribution in [1.82, 2.24) is 0 Å². The Morgan fingerprint density at radius 2 is 1.95 bits per heavy atom. The van der Waals surface area contributed by atoms with E-state index in [0.717, 1.165) is 17.7 Å². The van der Waals surface area contributed by atoms with Crippen LogP contribution in [0.25, 0.3) is 0 Å². The van der Waals surface area contributed by atoms with Gasteiger partial charge in [-0.25, -0.2) is 0 Å². The van der Waals surface area contributed by atoms with Crippen LogP contribution in [0.3, 0.4) is 0 Å². The van der Waals surface area contributed by atoms with Crippen LogP contribution in [-0.2, 0) is 4.79 Å². The molecule has 0 saturated heterocycles. The van der Waals surface area contributed by atoms with Gasteiger partial charge < -0.3 is 10.4 Å². The van der Waals surface area contributed by atoms with E-state index < -0.39 is 0 Å². The summed E-state index contributed by atoms with van der Waals surface area (Å²) in [5.41, 5.74) is 1.29.